The molecule has 0 bridgehead atoms. The Labute approximate surface area is 132 Å². The van der Waals surface area contributed by atoms with Crippen molar-refractivity contribution in [1.29, 1.82) is 0 Å². The number of anilines is 1. The van der Waals surface area contributed by atoms with E-state index in [0.29, 0.717) is 6.04 Å². The molecule has 21 heavy (non-hydrogen) atoms. The number of aryl methyl sites for hydroxylation is 1. The molecule has 4 nitrogen and oxygen atoms in total. The molecule has 2 atom stereocenters. The van der Waals surface area contributed by atoms with Crippen LogP contribution in [-0.2, 0) is 17.7 Å². The highest BCUT2D eigenvalue weighted by Crippen LogP contribution is 2.32. The Kier molecular flexibility index (Phi) is 6.45. The Morgan fingerprint density at radius 2 is 2.24 bits per heavy atom. The van der Waals surface area contributed by atoms with Gasteiger partial charge in [-0.2, -0.15) is 0 Å². The molecule has 0 aromatic carbocycles. The predicted molar refractivity (Wildman–Crippen MR) is 90.3 cm³/mol. The number of thiazole rings is 1. The van der Waals surface area contributed by atoms with Crippen molar-refractivity contribution in [3.05, 3.63) is 10.6 Å². The van der Waals surface area contributed by atoms with E-state index in [-0.39, 0.29) is 0 Å². The van der Waals surface area contributed by atoms with Crippen LogP contribution in [0.4, 0.5) is 5.13 Å². The van der Waals surface area contributed by atoms with E-state index in [1.54, 1.807) is 7.11 Å². The van der Waals surface area contributed by atoms with Crippen LogP contribution in [-0.4, -0.2) is 37.8 Å². The molecule has 2 unspecified atom stereocenters. The molecule has 0 amide bonds. The molecule has 1 aromatic heterocycles. The Morgan fingerprint density at radius 3 is 2.90 bits per heavy atom. The van der Waals surface area contributed by atoms with Crippen LogP contribution in [0.3, 0.4) is 0 Å². The molecule has 2 rings (SSSR count). The van der Waals surface area contributed by atoms with Crippen LogP contribution in [0.25, 0.3) is 0 Å². The van der Waals surface area contributed by atoms with Crippen molar-refractivity contribution in [3.63, 3.8) is 0 Å². The molecule has 2 heterocycles. The minimum atomic E-state index is 0.610. The van der Waals surface area contributed by atoms with Crippen molar-refractivity contribution in [1.82, 2.24) is 10.3 Å². The van der Waals surface area contributed by atoms with Gasteiger partial charge in [0, 0.05) is 37.7 Å². The minimum absolute atomic E-state index is 0.610. The average molecular weight is 311 g/mol. The molecule has 1 aliphatic heterocycles. The molecule has 1 saturated heterocycles. The van der Waals surface area contributed by atoms with Gasteiger partial charge in [-0.05, 0) is 32.1 Å². The van der Waals surface area contributed by atoms with E-state index < -0.39 is 0 Å². The highest BCUT2D eigenvalue weighted by Gasteiger charge is 2.25. The molecule has 1 aliphatic rings. The van der Waals surface area contributed by atoms with E-state index in [2.05, 4.69) is 31.0 Å². The monoisotopic (exact) mass is 311 g/mol. The molecule has 0 radical (unpaired) electrons. The maximum Gasteiger partial charge on any atom is 0.186 e. The summed E-state index contributed by atoms with van der Waals surface area (Å²) in [6, 6.07) is 0.610. The van der Waals surface area contributed by atoms with Gasteiger partial charge in [0.1, 0.15) is 0 Å². The lowest BCUT2D eigenvalue weighted by atomic mass is 9.94. The zero-order chi connectivity index (χ0) is 15.2. The van der Waals surface area contributed by atoms with Crippen LogP contribution < -0.4 is 10.2 Å². The molecule has 0 aliphatic carbocycles. The van der Waals surface area contributed by atoms with Crippen molar-refractivity contribution >= 4 is 16.5 Å². The Hall–Kier alpha value is -0.650. The largest absolute Gasteiger partial charge is 0.383 e. The summed E-state index contributed by atoms with van der Waals surface area (Å²) >= 11 is 1.87. The molecule has 0 spiro atoms. The van der Waals surface area contributed by atoms with Crippen LogP contribution in [0.15, 0.2) is 0 Å². The lowest BCUT2D eigenvalue weighted by Crippen LogP contribution is -2.40. The fourth-order valence-corrected chi connectivity index (χ4v) is 4.22. The molecular formula is C16H29N3OS. The average Bonchev–Trinajstić information content (AvgIpc) is 2.86. The Balaban J connectivity index is 2.02. The zero-order valence-electron chi connectivity index (χ0n) is 13.8. The second-order valence-corrected chi connectivity index (χ2v) is 7.12. The van der Waals surface area contributed by atoms with E-state index in [1.807, 2.05) is 11.3 Å². The van der Waals surface area contributed by atoms with Crippen LogP contribution in [0.2, 0.25) is 0 Å². The number of ether oxygens (including phenoxy) is 1. The van der Waals surface area contributed by atoms with Crippen molar-refractivity contribution in [2.24, 2.45) is 5.92 Å². The molecule has 120 valence electrons. The van der Waals surface area contributed by atoms with Crippen LogP contribution in [0.1, 0.15) is 44.2 Å². The van der Waals surface area contributed by atoms with Crippen LogP contribution in [0, 0.1) is 5.92 Å². The van der Waals surface area contributed by atoms with Gasteiger partial charge in [0.25, 0.3) is 0 Å². The Morgan fingerprint density at radius 1 is 1.43 bits per heavy atom. The lowest BCUT2D eigenvalue weighted by molar-refractivity contribution is 0.199. The molecule has 1 fully saturated rings. The fourth-order valence-electron chi connectivity index (χ4n) is 2.97. The number of methoxy groups -OCH3 is 1. The summed E-state index contributed by atoms with van der Waals surface area (Å²) < 4.78 is 5.08. The summed E-state index contributed by atoms with van der Waals surface area (Å²) in [5.74, 6) is 0.844. The van der Waals surface area contributed by atoms with Crippen molar-refractivity contribution in [2.45, 2.75) is 52.6 Å². The van der Waals surface area contributed by atoms with Crippen molar-refractivity contribution < 1.29 is 4.74 Å². The standard InChI is InChI=1S/C16H29N3OS/c1-5-14-15(11-17-7-9-20-4)21-16(18-14)19-8-6-12(2)10-13(19)3/h12-13,17H,5-11H2,1-4H3. The van der Waals surface area contributed by atoms with Gasteiger partial charge in [0.15, 0.2) is 5.13 Å². The summed E-state index contributed by atoms with van der Waals surface area (Å²) in [5.41, 5.74) is 1.26. The van der Waals surface area contributed by atoms with Gasteiger partial charge in [-0.15, -0.1) is 11.3 Å². The van der Waals surface area contributed by atoms with Gasteiger partial charge >= 0.3 is 0 Å². The Bertz CT molecular complexity index is 435. The highest BCUT2D eigenvalue weighted by molar-refractivity contribution is 7.15. The first-order valence-electron chi connectivity index (χ1n) is 8.10. The maximum atomic E-state index is 5.08. The first-order chi connectivity index (χ1) is 10.2. The second kappa shape index (κ2) is 8.11. The number of nitrogens with zero attached hydrogens (tertiary/aromatic N) is 2. The molecule has 5 heteroatoms. The quantitative estimate of drug-likeness (QED) is 0.785. The van der Waals surface area contributed by atoms with E-state index >= 15 is 0 Å². The van der Waals surface area contributed by atoms with Crippen LogP contribution in [0.5, 0.6) is 0 Å². The normalized spacial score (nSPS) is 22.8. The fraction of sp³-hybridized carbons (Fsp3) is 0.812. The second-order valence-electron chi connectivity index (χ2n) is 6.06. The smallest absolute Gasteiger partial charge is 0.186 e. The van der Waals surface area contributed by atoms with Gasteiger partial charge in [-0.1, -0.05) is 13.8 Å². The van der Waals surface area contributed by atoms with Gasteiger partial charge in [-0.3, -0.25) is 0 Å². The highest BCUT2D eigenvalue weighted by atomic mass is 32.1. The zero-order valence-corrected chi connectivity index (χ0v) is 14.6. The number of hydrogen-bond acceptors (Lipinski definition) is 5. The van der Waals surface area contributed by atoms with Gasteiger partial charge in [0.2, 0.25) is 0 Å². The minimum Gasteiger partial charge on any atom is -0.383 e. The van der Waals surface area contributed by atoms with E-state index in [9.17, 15) is 0 Å². The summed E-state index contributed by atoms with van der Waals surface area (Å²) in [6.07, 6.45) is 3.58. The van der Waals surface area contributed by atoms with E-state index in [4.69, 9.17) is 9.72 Å². The number of rotatable bonds is 7. The van der Waals surface area contributed by atoms with Crippen LogP contribution >= 0.6 is 11.3 Å². The van der Waals surface area contributed by atoms with Crippen molar-refractivity contribution in [2.75, 3.05) is 31.7 Å². The summed E-state index contributed by atoms with van der Waals surface area (Å²) in [6.45, 7) is 10.6. The molecule has 0 saturated carbocycles. The topological polar surface area (TPSA) is 37.4 Å². The van der Waals surface area contributed by atoms with Crippen molar-refractivity contribution in [3.8, 4) is 0 Å². The third-order valence-corrected chi connectivity index (χ3v) is 5.39. The summed E-state index contributed by atoms with van der Waals surface area (Å²) in [7, 11) is 1.74. The summed E-state index contributed by atoms with van der Waals surface area (Å²) in [5, 5.41) is 4.66. The molecular weight excluding hydrogens is 282 g/mol. The third-order valence-electron chi connectivity index (χ3n) is 4.25. The van der Waals surface area contributed by atoms with Gasteiger partial charge < -0.3 is 15.0 Å². The first-order valence-corrected chi connectivity index (χ1v) is 8.92. The SMILES string of the molecule is CCc1nc(N2CCC(C)CC2C)sc1CNCCOC. The first kappa shape index (κ1) is 16.7. The molecule has 1 N–H and O–H groups in total. The maximum absolute atomic E-state index is 5.08. The number of aromatic nitrogens is 1. The van der Waals surface area contributed by atoms with E-state index in [0.717, 1.165) is 38.6 Å². The third kappa shape index (κ3) is 4.41. The van der Waals surface area contributed by atoms with E-state index in [1.165, 1.54) is 28.5 Å². The number of hydrogen-bond donors (Lipinski definition) is 1. The lowest BCUT2D eigenvalue weighted by Gasteiger charge is -2.36. The van der Waals surface area contributed by atoms with Gasteiger partial charge in [0.05, 0.1) is 12.3 Å². The predicted octanol–water partition coefficient (Wildman–Crippen LogP) is 3.07. The van der Waals surface area contributed by atoms with Gasteiger partial charge in [-0.25, -0.2) is 4.98 Å². The molecule has 1 aromatic rings. The number of piperidine rings is 1. The summed E-state index contributed by atoms with van der Waals surface area (Å²) in [4.78, 5) is 8.79. The number of nitrogens with one attached hydrogen (secondary N) is 1.